The maximum atomic E-state index is 13.5. The minimum atomic E-state index is -4.54. The molecule has 0 unspecified atom stereocenters. The number of hydrogen-bond donors (Lipinski definition) is 7. The molecule has 13 nitrogen and oxygen atoms in total. The van der Waals surface area contributed by atoms with Crippen LogP contribution in [0.5, 0.6) is 69.0 Å². The molecule has 0 aliphatic carbocycles. The molecule has 0 atom stereocenters. The lowest BCUT2D eigenvalue weighted by atomic mass is 10.1. The maximum absolute atomic E-state index is 13.5. The van der Waals surface area contributed by atoms with Crippen LogP contribution in [0, 0.1) is 17.5 Å². The van der Waals surface area contributed by atoms with Crippen LogP contribution in [-0.2, 0) is 18.5 Å². The van der Waals surface area contributed by atoms with Crippen molar-refractivity contribution in [3.63, 3.8) is 0 Å². The molecule has 0 bridgehead atoms. The van der Waals surface area contributed by atoms with Gasteiger partial charge in [-0.1, -0.05) is 158 Å². The highest BCUT2D eigenvalue weighted by atomic mass is 35.5. The number of alkyl halides is 9. The number of hydrogen-bond acceptors (Lipinski definition) is 14. The number of nitrogens with one attached hydrogen (secondary N) is 7. The van der Waals surface area contributed by atoms with E-state index in [2.05, 4.69) is 37.2 Å². The molecule has 0 radical (unpaired) electrons. The Morgan fingerprint density at radius 3 is 1.03 bits per heavy atom. The third-order valence-corrected chi connectivity index (χ3v) is 20.5. The summed E-state index contributed by atoms with van der Waals surface area (Å²) in [5.41, 5.74) is 2.10. The first-order chi connectivity index (χ1) is 61.8. The molecule has 0 aromatic heterocycles. The summed E-state index contributed by atoms with van der Waals surface area (Å²) < 4.78 is 187. The number of halogens is 22. The fourth-order valence-corrected chi connectivity index (χ4v) is 13.5. The van der Waals surface area contributed by atoms with E-state index in [0.717, 1.165) is 97.2 Å². The molecule has 0 aliphatic rings. The van der Waals surface area contributed by atoms with Gasteiger partial charge < -0.3 is 65.6 Å². The first kappa shape index (κ1) is 104. The van der Waals surface area contributed by atoms with E-state index in [9.17, 15) is 52.7 Å². The molecule has 7 N–H and O–H groups in total. The number of benzene rings is 14. The SMILES string of the molecule is CNc1cc(C(F)(F)F)ccc1Oc1cccc(C(F)(F)F)c1.CNc1ccc(Cl)cc1Oc1ccc(Cl)cc1.CNc1ccc(Cl)cc1Oc1ccc(Cl)cc1Cl.CNc1ccc(Cl)cc1Oc1ccc(F)cc1F.CNc1ccc(Cl)cc1Oc1ccccc1C(F)(F)F.CNc1ccc(Cl)cc1Oc1ccccc1F.CNc1ccc(Cl)cc1Sc1ccc(Cl)cc1. The Kier molecular flexibility index (Phi) is 40.4. The molecule has 14 aromatic carbocycles. The summed E-state index contributed by atoms with van der Waals surface area (Å²) in [6.45, 7) is 0. The highest BCUT2D eigenvalue weighted by Gasteiger charge is 2.35. The Bertz CT molecular complexity index is 5860. The van der Waals surface area contributed by atoms with E-state index in [-0.39, 0.29) is 40.2 Å². The summed E-state index contributed by atoms with van der Waals surface area (Å²) in [4.78, 5) is 2.23. The summed E-state index contributed by atoms with van der Waals surface area (Å²) in [6, 6.07) is 72.5. The zero-order valence-electron chi connectivity index (χ0n) is 68.8. The quantitative estimate of drug-likeness (QED) is 0.0344. The van der Waals surface area contributed by atoms with Gasteiger partial charge in [-0.2, -0.15) is 39.5 Å². The van der Waals surface area contributed by atoms with Crippen molar-refractivity contribution in [1.82, 2.24) is 0 Å². The number of para-hydroxylation sites is 2. The van der Waals surface area contributed by atoms with Gasteiger partial charge in [-0.25, -0.2) is 13.2 Å². The zero-order valence-corrected chi connectivity index (χ0v) is 77.2. The van der Waals surface area contributed by atoms with Crippen LogP contribution in [0.15, 0.2) is 295 Å². The molecule has 36 heteroatoms. The van der Waals surface area contributed by atoms with Crippen molar-refractivity contribution in [2.24, 2.45) is 0 Å². The van der Waals surface area contributed by atoms with Crippen LogP contribution < -0.4 is 65.6 Å². The van der Waals surface area contributed by atoms with E-state index in [1.54, 1.807) is 155 Å². The lowest BCUT2D eigenvalue weighted by molar-refractivity contribution is -0.139. The minimum absolute atomic E-state index is 0.0113. The number of anilines is 7. The van der Waals surface area contributed by atoms with Gasteiger partial charge in [-0.15, -0.1) is 0 Å². The van der Waals surface area contributed by atoms with Crippen LogP contribution in [0.1, 0.15) is 16.7 Å². The Morgan fingerprint density at radius 2 is 0.592 bits per heavy atom. The van der Waals surface area contributed by atoms with Gasteiger partial charge in [0.1, 0.15) is 28.8 Å². The molecule has 0 amide bonds. The van der Waals surface area contributed by atoms with Crippen LogP contribution >= 0.6 is 128 Å². The van der Waals surface area contributed by atoms with Crippen LogP contribution in [0.3, 0.4) is 0 Å². The number of rotatable bonds is 21. The molecular formula is C94H75Cl10F12N7O6S. The Morgan fingerprint density at radius 1 is 0.238 bits per heavy atom. The molecule has 14 rings (SSSR count). The van der Waals surface area contributed by atoms with Crippen LogP contribution in [0.2, 0.25) is 50.2 Å². The van der Waals surface area contributed by atoms with Crippen LogP contribution in [0.25, 0.3) is 0 Å². The second-order valence-electron chi connectivity index (χ2n) is 26.0. The second-order valence-corrected chi connectivity index (χ2v) is 31.5. The second kappa shape index (κ2) is 50.3. The molecule has 0 fully saturated rings. The van der Waals surface area contributed by atoms with Crippen molar-refractivity contribution in [1.29, 1.82) is 0 Å². The predicted molar refractivity (Wildman–Crippen MR) is 507 cm³/mol. The van der Waals surface area contributed by atoms with Gasteiger partial charge in [0.15, 0.2) is 57.6 Å². The fraction of sp³-hybridized carbons (Fsp3) is 0.106. The lowest BCUT2D eigenvalue weighted by Gasteiger charge is -2.15. The minimum Gasteiger partial charge on any atom is -0.455 e. The van der Waals surface area contributed by atoms with E-state index in [1.165, 1.54) is 49.5 Å². The molecular weight excluding hydrogens is 1940 g/mol. The van der Waals surface area contributed by atoms with E-state index >= 15 is 0 Å². The molecule has 0 aliphatic heterocycles. The third-order valence-electron chi connectivity index (χ3n) is 17.0. The molecule has 0 spiro atoms. The summed E-state index contributed by atoms with van der Waals surface area (Å²) in [5.74, 6) is 1.50. The first-order valence-corrected chi connectivity index (χ1v) is 42.4. The zero-order chi connectivity index (χ0) is 95.0. The van der Waals surface area contributed by atoms with Crippen molar-refractivity contribution in [2.45, 2.75) is 28.3 Å². The largest absolute Gasteiger partial charge is 0.455 e. The Labute approximate surface area is 796 Å². The molecule has 14 aromatic rings. The first-order valence-electron chi connectivity index (χ1n) is 37.8. The summed E-state index contributed by atoms with van der Waals surface area (Å²) >= 11 is 60.6. The topological polar surface area (TPSA) is 140 Å². The molecule has 0 heterocycles. The smallest absolute Gasteiger partial charge is 0.419 e. The van der Waals surface area contributed by atoms with Gasteiger partial charge in [0.2, 0.25) is 0 Å². The fourth-order valence-electron chi connectivity index (χ4n) is 10.7. The lowest BCUT2D eigenvalue weighted by Crippen LogP contribution is -2.07. The van der Waals surface area contributed by atoms with Gasteiger partial charge in [0.25, 0.3) is 0 Å². The van der Waals surface area contributed by atoms with E-state index in [1.807, 2.05) is 86.9 Å². The molecule has 0 saturated carbocycles. The van der Waals surface area contributed by atoms with E-state index < -0.39 is 52.7 Å². The normalized spacial score (nSPS) is 10.7. The van der Waals surface area contributed by atoms with Gasteiger partial charge in [0.05, 0.1) is 55.8 Å². The van der Waals surface area contributed by atoms with E-state index in [0.29, 0.717) is 86.1 Å². The summed E-state index contributed by atoms with van der Waals surface area (Å²) in [5, 5.41) is 26.2. The Hall–Kier alpha value is -11.1. The standard InChI is InChI=1S/C15H11F6NO.C14H11ClF3NO.C13H10Cl3NO.C13H11Cl2NO.C13H11Cl2NS.C13H10ClF2NO.C13H11ClFNO/c1-22-12-8-10(15(19,20)21)5-6-13(12)23-11-4-2-3-9(7-11)14(16,17)18;1-19-11-7-6-9(15)8-13(11)20-12-5-3-2-4-10(12)14(16,17)18;1-17-11-4-2-9(15)7-13(11)18-12-5-3-8(14)6-10(12)16;2*1-16-12-7-4-10(15)8-13(12)17-11-5-2-9(14)3-6-11;1-17-11-4-2-8(14)6-13(11)18-12-5-3-9(15)7-10(12)16;1-16-11-7-6-9(14)8-13(11)17-12-5-3-2-4-10(12)15/h2-8,22H,1H3;2-8,19H,1H3;2-7,17H,1H3;2*2-8,16H,1H3;2-7,17H,1H3;2-8,16H,1H3. The molecule has 682 valence electrons. The highest BCUT2D eigenvalue weighted by Crippen LogP contribution is 2.45. The van der Waals surface area contributed by atoms with Crippen molar-refractivity contribution in [3.05, 3.63) is 369 Å². The number of ether oxygens (including phenoxy) is 6. The molecule has 0 saturated heterocycles. The van der Waals surface area contributed by atoms with Gasteiger partial charge in [0, 0.05) is 146 Å². The van der Waals surface area contributed by atoms with Gasteiger partial charge in [-0.05, 0) is 218 Å². The average molecular weight is 2010 g/mol. The molecule has 130 heavy (non-hydrogen) atoms. The average Bonchev–Trinajstić information content (AvgIpc) is 0.809. The van der Waals surface area contributed by atoms with Gasteiger partial charge >= 0.3 is 18.5 Å². The van der Waals surface area contributed by atoms with E-state index in [4.69, 9.17) is 144 Å². The van der Waals surface area contributed by atoms with Crippen LogP contribution in [-0.4, -0.2) is 49.3 Å². The van der Waals surface area contributed by atoms with Crippen molar-refractivity contribution < 1.29 is 81.1 Å². The van der Waals surface area contributed by atoms with Crippen LogP contribution in [0.4, 0.5) is 92.5 Å². The summed E-state index contributed by atoms with van der Waals surface area (Å²) in [6.07, 6.45) is -13.5. The van der Waals surface area contributed by atoms with Crippen molar-refractivity contribution in [2.75, 3.05) is 86.6 Å². The van der Waals surface area contributed by atoms with Gasteiger partial charge in [-0.3, -0.25) is 0 Å². The van der Waals surface area contributed by atoms with Crippen molar-refractivity contribution >= 4 is 168 Å². The Balaban J connectivity index is 0.000000188. The monoisotopic (exact) mass is 2010 g/mol. The van der Waals surface area contributed by atoms with Crippen molar-refractivity contribution in [3.8, 4) is 69.0 Å². The predicted octanol–water partition coefficient (Wildman–Crippen LogP) is 35.0. The third kappa shape index (κ3) is 33.1. The maximum Gasteiger partial charge on any atom is 0.419 e. The highest BCUT2D eigenvalue weighted by molar-refractivity contribution is 7.99. The summed E-state index contributed by atoms with van der Waals surface area (Å²) in [7, 11) is 12.0.